The molecule has 1 saturated heterocycles. The zero-order valence-electron chi connectivity index (χ0n) is 33.5. The third-order valence-electron chi connectivity index (χ3n) is 8.99. The minimum absolute atomic E-state index is 0.225. The molecule has 0 bridgehead atoms. The van der Waals surface area contributed by atoms with Crippen molar-refractivity contribution in [3.63, 3.8) is 0 Å². The van der Waals surface area contributed by atoms with E-state index in [1.807, 2.05) is 91.0 Å². The molecule has 1 aliphatic heterocycles. The summed E-state index contributed by atoms with van der Waals surface area (Å²) in [6, 6.07) is 29.3. The fourth-order valence-corrected chi connectivity index (χ4v) is 6.34. The summed E-state index contributed by atoms with van der Waals surface area (Å²) in [5.41, 5.74) is 3.08. The number of hydrogen-bond donors (Lipinski definition) is 0. The second-order valence-electron chi connectivity index (χ2n) is 14.4. The van der Waals surface area contributed by atoms with Gasteiger partial charge in [-0.3, -0.25) is 0 Å². The summed E-state index contributed by atoms with van der Waals surface area (Å²) in [5.74, 6) is 3.04. The summed E-state index contributed by atoms with van der Waals surface area (Å²) in [6.07, 6.45) is -1.06. The number of carbonyl (C=O) groups excluding carboxylic acids is 1. The highest BCUT2D eigenvalue weighted by atomic mass is 16.8. The summed E-state index contributed by atoms with van der Waals surface area (Å²) in [5, 5.41) is 1.55. The number of hydroxylamine groups is 2. The summed E-state index contributed by atoms with van der Waals surface area (Å²) in [6.45, 7) is 7.99. The molecule has 302 valence electrons. The van der Waals surface area contributed by atoms with Gasteiger partial charge in [0.2, 0.25) is 0 Å². The summed E-state index contributed by atoms with van der Waals surface area (Å²) >= 11 is 0. The van der Waals surface area contributed by atoms with Gasteiger partial charge in [0.15, 0.2) is 0 Å². The predicted molar refractivity (Wildman–Crippen MR) is 211 cm³/mol. The van der Waals surface area contributed by atoms with Gasteiger partial charge in [0.1, 0.15) is 34.3 Å². The number of carbonyl (C=O) groups is 1. The van der Waals surface area contributed by atoms with Crippen LogP contribution in [0.4, 0.5) is 4.79 Å². The highest BCUT2D eigenvalue weighted by molar-refractivity contribution is 5.60. The highest BCUT2D eigenvalue weighted by Crippen LogP contribution is 2.36. The Morgan fingerprint density at radius 3 is 1.62 bits per heavy atom. The van der Waals surface area contributed by atoms with Crippen molar-refractivity contribution < 1.29 is 52.3 Å². The molecule has 3 atom stereocenters. The molecule has 0 radical (unpaired) electrons. The van der Waals surface area contributed by atoms with Crippen molar-refractivity contribution in [3.8, 4) is 28.7 Å². The maximum Gasteiger partial charge on any atom is 0.528 e. The van der Waals surface area contributed by atoms with Crippen LogP contribution in [-0.4, -0.2) is 83.8 Å². The molecule has 4 aromatic rings. The minimum atomic E-state index is -0.810. The van der Waals surface area contributed by atoms with Gasteiger partial charge in [-0.15, -0.1) is 5.06 Å². The van der Waals surface area contributed by atoms with Gasteiger partial charge >= 0.3 is 6.16 Å². The van der Waals surface area contributed by atoms with E-state index in [1.54, 1.807) is 54.3 Å². The number of methoxy groups -OCH3 is 4. The molecule has 0 saturated carbocycles. The van der Waals surface area contributed by atoms with Crippen LogP contribution in [0.1, 0.15) is 55.4 Å². The van der Waals surface area contributed by atoms with Crippen LogP contribution in [0.3, 0.4) is 0 Å². The molecule has 0 N–H and O–H groups in total. The molecule has 1 aliphatic rings. The van der Waals surface area contributed by atoms with Crippen molar-refractivity contribution in [2.24, 2.45) is 0 Å². The lowest BCUT2D eigenvalue weighted by atomic mass is 9.85. The third-order valence-corrected chi connectivity index (χ3v) is 8.99. The molecule has 4 aromatic carbocycles. The smallest absolute Gasteiger partial charge is 0.497 e. The molecular formula is C44H55NO11. The highest BCUT2D eigenvalue weighted by Gasteiger charge is 2.41. The van der Waals surface area contributed by atoms with E-state index in [9.17, 15) is 4.79 Å². The molecule has 0 spiro atoms. The molecule has 0 aromatic heterocycles. The SMILES string of the molecule is COc1cc(CO[C@H]2CN(OC(=O)OC(C)(C)C)C[C@@H](OCc3cc(OC)cc(OC)c3)[C@H]2c2ccc(OCCCOCc3ccccc3)cc2)cc(OC)c1. The maximum atomic E-state index is 12.9. The van der Waals surface area contributed by atoms with E-state index in [0.29, 0.717) is 42.8 Å². The largest absolute Gasteiger partial charge is 0.528 e. The van der Waals surface area contributed by atoms with E-state index in [0.717, 1.165) is 34.4 Å². The zero-order chi connectivity index (χ0) is 39.9. The van der Waals surface area contributed by atoms with Crippen LogP contribution < -0.4 is 23.7 Å². The van der Waals surface area contributed by atoms with Crippen LogP contribution in [0.15, 0.2) is 91.0 Å². The Bertz CT molecular complexity index is 1680. The van der Waals surface area contributed by atoms with E-state index in [-0.39, 0.29) is 32.2 Å². The van der Waals surface area contributed by atoms with E-state index < -0.39 is 24.0 Å². The van der Waals surface area contributed by atoms with Crippen LogP contribution >= 0.6 is 0 Å². The Balaban J connectivity index is 1.37. The quantitative estimate of drug-likeness (QED) is 0.0677. The van der Waals surface area contributed by atoms with Crippen molar-refractivity contribution in [3.05, 3.63) is 113 Å². The lowest BCUT2D eigenvalue weighted by Gasteiger charge is -2.42. The van der Waals surface area contributed by atoms with Gasteiger partial charge in [0, 0.05) is 24.5 Å². The Hall–Kier alpha value is -5.01. The standard InChI is InChI=1S/C44H55NO11/c1-44(2,3)55-43(46)56-45-26-40(53-29-32-20-36(47-4)24-37(21-32)48-5)42(41(27-45)54-30-33-22-38(49-6)25-39(23-33)50-7)34-14-16-35(17-15-34)52-19-11-18-51-28-31-12-9-8-10-13-31/h8-10,12-17,20-25,40-42H,11,18-19,26-30H2,1-7H3/t40-,41+,42-. The van der Waals surface area contributed by atoms with E-state index in [4.69, 9.17) is 47.5 Å². The van der Waals surface area contributed by atoms with Crippen LogP contribution in [0.5, 0.6) is 28.7 Å². The van der Waals surface area contributed by atoms with E-state index in [1.165, 1.54) is 0 Å². The molecule has 1 heterocycles. The Kier molecular flexibility index (Phi) is 15.6. The Morgan fingerprint density at radius 2 is 1.14 bits per heavy atom. The minimum Gasteiger partial charge on any atom is -0.497 e. The predicted octanol–water partition coefficient (Wildman–Crippen LogP) is 8.14. The topological polar surface area (TPSA) is 113 Å². The Morgan fingerprint density at radius 1 is 0.625 bits per heavy atom. The fourth-order valence-electron chi connectivity index (χ4n) is 6.34. The molecule has 5 rings (SSSR count). The molecule has 12 heteroatoms. The van der Waals surface area contributed by atoms with Crippen molar-refractivity contribution in [2.45, 2.75) is 70.7 Å². The van der Waals surface area contributed by atoms with E-state index in [2.05, 4.69) is 0 Å². The fraction of sp³-hybridized carbons (Fsp3) is 0.432. The molecule has 1 fully saturated rings. The third kappa shape index (κ3) is 13.0. The molecule has 12 nitrogen and oxygen atoms in total. The number of ether oxygens (including phenoxy) is 9. The van der Waals surface area contributed by atoms with Crippen LogP contribution in [0.25, 0.3) is 0 Å². The molecule has 0 amide bonds. The number of hydrogen-bond acceptors (Lipinski definition) is 12. The summed E-state index contributed by atoms with van der Waals surface area (Å²) in [4.78, 5) is 18.7. The van der Waals surface area contributed by atoms with Gasteiger partial charge in [-0.1, -0.05) is 42.5 Å². The van der Waals surface area contributed by atoms with Crippen molar-refractivity contribution >= 4 is 6.16 Å². The van der Waals surface area contributed by atoms with Crippen LogP contribution in [0.2, 0.25) is 0 Å². The molecule has 56 heavy (non-hydrogen) atoms. The first-order valence-electron chi connectivity index (χ1n) is 18.7. The van der Waals surface area contributed by atoms with Crippen LogP contribution in [-0.2, 0) is 43.6 Å². The van der Waals surface area contributed by atoms with Gasteiger partial charge < -0.3 is 47.5 Å². The average Bonchev–Trinajstić information content (AvgIpc) is 3.20. The second kappa shape index (κ2) is 20.8. The van der Waals surface area contributed by atoms with Crippen molar-refractivity contribution in [1.29, 1.82) is 0 Å². The number of rotatable bonds is 19. The average molecular weight is 774 g/mol. The summed E-state index contributed by atoms with van der Waals surface area (Å²) < 4.78 is 52.9. The summed E-state index contributed by atoms with van der Waals surface area (Å²) in [7, 11) is 6.43. The van der Waals surface area contributed by atoms with Gasteiger partial charge in [-0.2, -0.15) is 0 Å². The number of piperidine rings is 1. The van der Waals surface area contributed by atoms with Gasteiger partial charge in [0.05, 0.1) is 86.8 Å². The van der Waals surface area contributed by atoms with Gasteiger partial charge in [-0.25, -0.2) is 4.79 Å². The lowest BCUT2D eigenvalue weighted by Crippen LogP contribution is -2.53. The van der Waals surface area contributed by atoms with E-state index >= 15 is 0 Å². The van der Waals surface area contributed by atoms with Gasteiger partial charge in [0.25, 0.3) is 0 Å². The first-order valence-corrected chi connectivity index (χ1v) is 18.7. The maximum absolute atomic E-state index is 12.9. The molecular weight excluding hydrogens is 718 g/mol. The lowest BCUT2D eigenvalue weighted by molar-refractivity contribution is -0.209. The number of nitrogens with zero attached hydrogens (tertiary/aromatic N) is 1. The number of benzene rings is 4. The first-order chi connectivity index (χ1) is 27.0. The van der Waals surface area contributed by atoms with Crippen molar-refractivity contribution in [2.75, 3.05) is 54.7 Å². The normalized spacial score (nSPS) is 17.2. The van der Waals surface area contributed by atoms with Gasteiger partial charge in [-0.05, 0) is 79.4 Å². The molecule has 0 aliphatic carbocycles. The first kappa shape index (κ1) is 42.1. The van der Waals surface area contributed by atoms with Crippen molar-refractivity contribution in [1.82, 2.24) is 5.06 Å². The molecule has 0 unspecified atom stereocenters. The second-order valence-corrected chi connectivity index (χ2v) is 14.4. The zero-order valence-corrected chi connectivity index (χ0v) is 33.5. The monoisotopic (exact) mass is 773 g/mol. The van der Waals surface area contributed by atoms with Crippen LogP contribution in [0, 0.1) is 0 Å². The Labute approximate surface area is 330 Å².